The highest BCUT2D eigenvalue weighted by atomic mass is 16.5. The maximum atomic E-state index is 6.20. The molecule has 41 heavy (non-hydrogen) atoms. The predicted molar refractivity (Wildman–Crippen MR) is 173 cm³/mol. The maximum Gasteiger partial charge on any atom is 0.160 e. The molecule has 0 spiro atoms. The van der Waals surface area contributed by atoms with Crippen LogP contribution in [0.5, 0.6) is 5.75 Å². The molecule has 1 aromatic carbocycles. The van der Waals surface area contributed by atoms with Crippen LogP contribution in [0.4, 0.5) is 0 Å². The van der Waals surface area contributed by atoms with Gasteiger partial charge in [0.2, 0.25) is 0 Å². The van der Waals surface area contributed by atoms with Crippen LogP contribution in [-0.4, -0.2) is 31.4 Å². The van der Waals surface area contributed by atoms with E-state index in [1.807, 2.05) is 77.8 Å². The number of imidazole rings is 1. The fourth-order valence-electron chi connectivity index (χ4n) is 4.12. The summed E-state index contributed by atoms with van der Waals surface area (Å²) in [5.41, 5.74) is 13.8. The monoisotopic (exact) mass is 556 g/mol. The second-order valence-electron chi connectivity index (χ2n) is 9.99. The average Bonchev–Trinajstić information content (AvgIpc) is 3.63. The van der Waals surface area contributed by atoms with E-state index in [1.54, 1.807) is 18.0 Å². The van der Waals surface area contributed by atoms with Crippen molar-refractivity contribution in [1.29, 1.82) is 0 Å². The highest BCUT2D eigenvalue weighted by molar-refractivity contribution is 5.73. The number of methoxy groups -OCH3 is 1. The molecule has 0 aliphatic heterocycles. The summed E-state index contributed by atoms with van der Waals surface area (Å²) in [6, 6.07) is 8.40. The van der Waals surface area contributed by atoms with E-state index in [2.05, 4.69) is 60.0 Å². The lowest BCUT2D eigenvalue weighted by atomic mass is 10.00. The molecule has 0 bridgehead atoms. The minimum atomic E-state index is -0.454. The fourth-order valence-corrected chi connectivity index (χ4v) is 4.12. The van der Waals surface area contributed by atoms with E-state index < -0.39 is 5.54 Å². The van der Waals surface area contributed by atoms with Crippen molar-refractivity contribution in [3.05, 3.63) is 102 Å². The molecule has 0 saturated carbocycles. The van der Waals surface area contributed by atoms with E-state index in [9.17, 15) is 0 Å². The van der Waals surface area contributed by atoms with Crippen LogP contribution in [0.15, 0.2) is 85.1 Å². The van der Waals surface area contributed by atoms with E-state index >= 15 is 0 Å². The molecule has 4 rings (SSSR count). The number of allylic oxidation sites excluding steroid dienone is 5. The van der Waals surface area contributed by atoms with Gasteiger partial charge in [-0.3, -0.25) is 0 Å². The van der Waals surface area contributed by atoms with Crippen molar-refractivity contribution >= 4 is 11.2 Å². The molecule has 0 amide bonds. The number of nitrogens with two attached hydrogens (primary N) is 1. The lowest BCUT2D eigenvalue weighted by Crippen LogP contribution is -2.27. The third kappa shape index (κ3) is 9.02. The van der Waals surface area contributed by atoms with Crippen molar-refractivity contribution in [2.45, 2.75) is 80.3 Å². The minimum absolute atomic E-state index is 0.454. The summed E-state index contributed by atoms with van der Waals surface area (Å²) < 4.78 is 9.57. The first-order chi connectivity index (χ1) is 19.7. The standard InChI is InChI=1S/C30H36N6O.2C2H6/c1-7-22(9-8-21(2)3)10-12-24-13-11-23(14-28(24)37-6)18-35-20-33-27-15-26(17-32-29(27)35)36-19-25(16-34-36)30(4,5)31;2*1-2/h7-9,11,13-17,19-20H,2,10,12,18,31H2,1,3-6H3;2*1-2H3/b9-8-,22-7+;;. The highest BCUT2D eigenvalue weighted by Crippen LogP contribution is 2.25. The van der Waals surface area contributed by atoms with Crippen molar-refractivity contribution in [3.63, 3.8) is 0 Å². The largest absolute Gasteiger partial charge is 0.496 e. The highest BCUT2D eigenvalue weighted by Gasteiger charge is 2.17. The Hall–Kier alpha value is -3.97. The molecule has 3 heterocycles. The van der Waals surface area contributed by atoms with E-state index in [-0.39, 0.29) is 0 Å². The average molecular weight is 557 g/mol. The predicted octanol–water partition coefficient (Wildman–Crippen LogP) is 7.93. The Balaban J connectivity index is 0.00000141. The summed E-state index contributed by atoms with van der Waals surface area (Å²) in [5.74, 6) is 0.897. The lowest BCUT2D eigenvalue weighted by Gasteiger charge is -2.15. The van der Waals surface area contributed by atoms with Crippen LogP contribution < -0.4 is 10.5 Å². The first kappa shape index (κ1) is 33.2. The summed E-state index contributed by atoms with van der Waals surface area (Å²) in [4.78, 5) is 9.28. The second kappa shape index (κ2) is 15.7. The molecule has 0 unspecified atom stereocenters. The zero-order valence-corrected chi connectivity index (χ0v) is 26.4. The molecule has 0 atom stereocenters. The molecular formula is C34H48N6O. The van der Waals surface area contributed by atoms with Crippen LogP contribution in [-0.2, 0) is 18.5 Å². The van der Waals surface area contributed by atoms with Gasteiger partial charge in [-0.05, 0) is 63.8 Å². The molecule has 3 aromatic heterocycles. The molecule has 0 radical (unpaired) electrons. The number of pyridine rings is 1. The summed E-state index contributed by atoms with van der Waals surface area (Å²) >= 11 is 0. The number of fused-ring (bicyclic) bond motifs is 1. The van der Waals surface area contributed by atoms with Gasteiger partial charge >= 0.3 is 0 Å². The summed E-state index contributed by atoms with van der Waals surface area (Å²) in [7, 11) is 1.72. The molecule has 0 aliphatic carbocycles. The molecule has 220 valence electrons. The molecule has 4 aromatic rings. The first-order valence-electron chi connectivity index (χ1n) is 14.5. The van der Waals surface area contributed by atoms with Gasteiger partial charge in [-0.15, -0.1) is 0 Å². The Labute approximate surface area is 246 Å². The van der Waals surface area contributed by atoms with Crippen molar-refractivity contribution in [2.24, 2.45) is 5.73 Å². The lowest BCUT2D eigenvalue weighted by molar-refractivity contribution is 0.409. The van der Waals surface area contributed by atoms with Crippen LogP contribution in [0, 0.1) is 0 Å². The number of benzene rings is 1. The maximum absolute atomic E-state index is 6.20. The van der Waals surface area contributed by atoms with E-state index in [1.165, 1.54) is 11.1 Å². The van der Waals surface area contributed by atoms with Gasteiger partial charge in [-0.25, -0.2) is 14.6 Å². The van der Waals surface area contributed by atoms with Gasteiger partial charge in [0.1, 0.15) is 11.3 Å². The second-order valence-corrected chi connectivity index (χ2v) is 9.99. The van der Waals surface area contributed by atoms with E-state index in [0.29, 0.717) is 6.54 Å². The zero-order valence-electron chi connectivity index (χ0n) is 26.4. The quantitative estimate of drug-likeness (QED) is 0.201. The Kier molecular flexibility index (Phi) is 12.7. The fraction of sp³-hybridized carbons (Fsp3) is 0.382. The smallest absolute Gasteiger partial charge is 0.160 e. The number of rotatable bonds is 10. The van der Waals surface area contributed by atoms with Crippen molar-refractivity contribution in [3.8, 4) is 11.4 Å². The van der Waals surface area contributed by atoms with E-state index in [4.69, 9.17) is 15.5 Å². The molecule has 7 heteroatoms. The number of hydrogen-bond donors (Lipinski definition) is 1. The normalized spacial score (nSPS) is 11.6. The zero-order chi connectivity index (χ0) is 30.6. The molecule has 7 nitrogen and oxygen atoms in total. The van der Waals surface area contributed by atoms with Crippen LogP contribution in [0.2, 0.25) is 0 Å². The topological polar surface area (TPSA) is 83.8 Å². The third-order valence-corrected chi connectivity index (χ3v) is 6.37. The van der Waals surface area contributed by atoms with Crippen LogP contribution in [0.25, 0.3) is 16.9 Å². The number of aryl methyl sites for hydroxylation is 1. The molecule has 0 aliphatic rings. The van der Waals surface area contributed by atoms with Gasteiger partial charge < -0.3 is 15.0 Å². The van der Waals surface area contributed by atoms with Gasteiger partial charge in [-0.1, -0.05) is 75.8 Å². The van der Waals surface area contributed by atoms with Crippen LogP contribution in [0.3, 0.4) is 0 Å². The molecule has 0 fully saturated rings. The SMILES string of the molecule is C=C(C)/C=C\C(=C/C)CCc1ccc(Cn2cnc3cc(-n4cc(C(C)(C)N)cn4)cnc32)cc1OC.CC.CC. The first-order valence-corrected chi connectivity index (χ1v) is 14.5. The third-order valence-electron chi connectivity index (χ3n) is 6.37. The Morgan fingerprint density at radius 3 is 2.41 bits per heavy atom. The van der Waals surface area contributed by atoms with Gasteiger partial charge in [0, 0.05) is 17.3 Å². The molecular weight excluding hydrogens is 508 g/mol. The van der Waals surface area contributed by atoms with Crippen molar-refractivity contribution in [1.82, 2.24) is 24.3 Å². The number of aromatic nitrogens is 5. The van der Waals surface area contributed by atoms with Crippen LogP contribution in [0.1, 0.15) is 78.5 Å². The Morgan fingerprint density at radius 2 is 1.80 bits per heavy atom. The van der Waals surface area contributed by atoms with Gasteiger partial charge in [0.05, 0.1) is 38.1 Å². The number of hydrogen-bond acceptors (Lipinski definition) is 5. The van der Waals surface area contributed by atoms with Crippen LogP contribution >= 0.6 is 0 Å². The number of ether oxygens (including phenoxy) is 1. The Morgan fingerprint density at radius 1 is 1.07 bits per heavy atom. The summed E-state index contributed by atoms with van der Waals surface area (Å²) in [6.45, 7) is 20.6. The summed E-state index contributed by atoms with van der Waals surface area (Å²) in [6.07, 6.45) is 15.5. The van der Waals surface area contributed by atoms with E-state index in [0.717, 1.165) is 52.1 Å². The molecule has 0 saturated heterocycles. The van der Waals surface area contributed by atoms with Gasteiger partial charge in [-0.2, -0.15) is 5.10 Å². The Bertz CT molecular complexity index is 1470. The minimum Gasteiger partial charge on any atom is -0.496 e. The van der Waals surface area contributed by atoms with Crippen molar-refractivity contribution < 1.29 is 4.74 Å². The van der Waals surface area contributed by atoms with Gasteiger partial charge in [0.15, 0.2) is 5.65 Å². The van der Waals surface area contributed by atoms with Gasteiger partial charge in [0.25, 0.3) is 0 Å². The summed E-state index contributed by atoms with van der Waals surface area (Å²) in [5, 5.41) is 4.45. The van der Waals surface area contributed by atoms with Crippen molar-refractivity contribution in [2.75, 3.05) is 7.11 Å². The molecule has 2 N–H and O–H groups in total. The number of nitrogens with zero attached hydrogens (tertiary/aromatic N) is 5.